The normalized spacial score (nSPS) is 19.7. The van der Waals surface area contributed by atoms with Crippen molar-refractivity contribution in [1.29, 1.82) is 0 Å². The number of nitrogens with zero attached hydrogens (tertiary/aromatic N) is 1. The van der Waals surface area contributed by atoms with E-state index < -0.39 is 10.0 Å². The van der Waals surface area contributed by atoms with Crippen LogP contribution in [0.25, 0.3) is 10.1 Å². The summed E-state index contributed by atoms with van der Waals surface area (Å²) in [7, 11) is -1.82. The van der Waals surface area contributed by atoms with Crippen LogP contribution < -0.4 is 0 Å². The number of hydrogen-bond acceptors (Lipinski definition) is 4. The van der Waals surface area contributed by atoms with Crippen molar-refractivity contribution in [2.75, 3.05) is 26.8 Å². The second-order valence-electron chi connectivity index (χ2n) is 5.26. The van der Waals surface area contributed by atoms with Crippen LogP contribution >= 0.6 is 22.9 Å². The van der Waals surface area contributed by atoms with Gasteiger partial charge >= 0.3 is 0 Å². The fourth-order valence-corrected chi connectivity index (χ4v) is 5.48. The first-order valence-electron chi connectivity index (χ1n) is 6.70. The molecule has 0 unspecified atom stereocenters. The molecule has 3 rings (SSSR count). The topological polar surface area (TPSA) is 46.6 Å². The third kappa shape index (κ3) is 3.10. The maximum Gasteiger partial charge on any atom is 0.252 e. The predicted molar refractivity (Wildman–Crippen MR) is 85.6 cm³/mol. The Morgan fingerprint density at radius 2 is 2.24 bits per heavy atom. The summed E-state index contributed by atoms with van der Waals surface area (Å²) in [6.07, 6.45) is 0.919. The summed E-state index contributed by atoms with van der Waals surface area (Å²) >= 11 is 7.23. The summed E-state index contributed by atoms with van der Waals surface area (Å²) < 4.78 is 33.3. The largest absolute Gasteiger partial charge is 0.381 e. The molecule has 4 nitrogen and oxygen atoms in total. The van der Waals surface area contributed by atoms with E-state index in [1.165, 1.54) is 15.6 Å². The first-order chi connectivity index (χ1) is 9.96. The highest BCUT2D eigenvalue weighted by Gasteiger charge is 2.27. The highest BCUT2D eigenvalue weighted by molar-refractivity contribution is 7.91. The van der Waals surface area contributed by atoms with Crippen LogP contribution in [0.1, 0.15) is 6.42 Å². The Morgan fingerprint density at radius 1 is 1.43 bits per heavy atom. The van der Waals surface area contributed by atoms with Crippen molar-refractivity contribution in [1.82, 2.24) is 4.31 Å². The Balaban J connectivity index is 1.87. The fraction of sp³-hybridized carbons (Fsp3) is 0.429. The maximum absolute atomic E-state index is 12.6. The van der Waals surface area contributed by atoms with Gasteiger partial charge < -0.3 is 4.74 Å². The van der Waals surface area contributed by atoms with Crippen LogP contribution in [0.15, 0.2) is 28.5 Å². The number of sulfonamides is 1. The van der Waals surface area contributed by atoms with E-state index in [1.54, 1.807) is 25.2 Å². The molecule has 1 aliphatic rings. The molecule has 0 N–H and O–H groups in total. The van der Waals surface area contributed by atoms with Gasteiger partial charge in [-0.2, -0.15) is 4.31 Å². The highest BCUT2D eigenvalue weighted by atomic mass is 35.5. The maximum atomic E-state index is 12.6. The van der Waals surface area contributed by atoms with E-state index in [4.69, 9.17) is 16.3 Å². The minimum atomic E-state index is -3.45. The Labute approximate surface area is 133 Å². The third-order valence-corrected chi connectivity index (χ3v) is 7.28. The van der Waals surface area contributed by atoms with Crippen LogP contribution in [0.3, 0.4) is 0 Å². The minimum Gasteiger partial charge on any atom is -0.381 e. The van der Waals surface area contributed by atoms with Crippen LogP contribution in [0.5, 0.6) is 0 Å². The molecule has 0 radical (unpaired) electrons. The Morgan fingerprint density at radius 3 is 2.95 bits per heavy atom. The molecule has 1 atom stereocenters. The fourth-order valence-electron chi connectivity index (χ4n) is 2.46. The number of thiophene rings is 1. The smallest absolute Gasteiger partial charge is 0.252 e. The quantitative estimate of drug-likeness (QED) is 0.854. The monoisotopic (exact) mass is 345 g/mol. The van der Waals surface area contributed by atoms with Gasteiger partial charge in [-0.1, -0.05) is 11.6 Å². The molecule has 2 aromatic rings. The zero-order chi connectivity index (χ0) is 15.0. The molecule has 0 amide bonds. The lowest BCUT2D eigenvalue weighted by atomic mass is 10.1. The molecular weight excluding hydrogens is 330 g/mol. The van der Waals surface area contributed by atoms with Gasteiger partial charge in [0.15, 0.2) is 0 Å². The molecular formula is C14H16ClNO3S2. The van der Waals surface area contributed by atoms with Gasteiger partial charge in [0.25, 0.3) is 10.0 Å². The van der Waals surface area contributed by atoms with Crippen LogP contribution in [0.4, 0.5) is 0 Å². The number of ether oxygens (including phenoxy) is 1. The SMILES string of the molecule is CN(C[C@H]1CCOC1)S(=O)(=O)c1cc2cc(Cl)ccc2s1. The van der Waals surface area contributed by atoms with Gasteiger partial charge in [-0.25, -0.2) is 8.42 Å². The molecule has 0 aliphatic carbocycles. The molecule has 2 heterocycles. The molecule has 0 saturated carbocycles. The first kappa shape index (κ1) is 15.2. The van der Waals surface area contributed by atoms with Crippen molar-refractivity contribution in [2.45, 2.75) is 10.6 Å². The predicted octanol–water partition coefficient (Wildman–Crippen LogP) is 3.21. The number of fused-ring (bicyclic) bond motifs is 1. The molecule has 1 aromatic heterocycles. The van der Waals surface area contributed by atoms with Crippen LogP contribution in [0, 0.1) is 5.92 Å². The molecule has 1 saturated heterocycles. The van der Waals surface area contributed by atoms with Crippen molar-refractivity contribution in [2.24, 2.45) is 5.92 Å². The third-order valence-electron chi connectivity index (χ3n) is 3.66. The van der Waals surface area contributed by atoms with Gasteiger partial charge in [-0.05, 0) is 42.0 Å². The molecule has 21 heavy (non-hydrogen) atoms. The van der Waals surface area contributed by atoms with E-state index in [9.17, 15) is 8.42 Å². The van der Waals surface area contributed by atoms with Crippen molar-refractivity contribution in [3.05, 3.63) is 29.3 Å². The standard InChI is InChI=1S/C14H16ClNO3S2/c1-16(8-10-4-5-19-9-10)21(17,18)14-7-11-6-12(15)2-3-13(11)20-14/h2-3,6-7,10H,4-5,8-9H2,1H3/t10-/m1/s1. The van der Waals surface area contributed by atoms with E-state index in [0.29, 0.717) is 22.4 Å². The van der Waals surface area contributed by atoms with Gasteiger partial charge in [-0.3, -0.25) is 0 Å². The van der Waals surface area contributed by atoms with Gasteiger partial charge in [0.05, 0.1) is 6.61 Å². The molecule has 7 heteroatoms. The van der Waals surface area contributed by atoms with Crippen molar-refractivity contribution in [3.8, 4) is 0 Å². The second-order valence-corrected chi connectivity index (χ2v) is 9.05. The van der Waals surface area contributed by atoms with Crippen molar-refractivity contribution < 1.29 is 13.2 Å². The Bertz CT molecular complexity index is 751. The molecule has 114 valence electrons. The molecule has 1 aromatic carbocycles. The van der Waals surface area contributed by atoms with Gasteiger partial charge in [0.1, 0.15) is 4.21 Å². The highest BCUT2D eigenvalue weighted by Crippen LogP contribution is 2.32. The van der Waals surface area contributed by atoms with Gasteiger partial charge in [0.2, 0.25) is 0 Å². The molecule has 1 aliphatic heterocycles. The van der Waals surface area contributed by atoms with Gasteiger partial charge in [0, 0.05) is 29.9 Å². The van der Waals surface area contributed by atoms with E-state index >= 15 is 0 Å². The van der Waals surface area contributed by atoms with E-state index in [2.05, 4.69) is 0 Å². The lowest BCUT2D eigenvalue weighted by Crippen LogP contribution is -2.31. The summed E-state index contributed by atoms with van der Waals surface area (Å²) in [6.45, 7) is 1.86. The Kier molecular flexibility index (Phi) is 4.25. The van der Waals surface area contributed by atoms with E-state index in [1.807, 2.05) is 6.07 Å². The summed E-state index contributed by atoms with van der Waals surface area (Å²) in [5.41, 5.74) is 0. The molecule has 0 spiro atoms. The number of rotatable bonds is 4. The zero-order valence-corrected chi connectivity index (χ0v) is 14.0. The minimum absolute atomic E-state index is 0.286. The Hall–Kier alpha value is -0.660. The van der Waals surface area contributed by atoms with Gasteiger partial charge in [-0.15, -0.1) is 11.3 Å². The van der Waals surface area contributed by atoms with Crippen molar-refractivity contribution >= 4 is 43.0 Å². The van der Waals surface area contributed by atoms with Crippen LogP contribution in [-0.4, -0.2) is 39.5 Å². The number of hydrogen-bond donors (Lipinski definition) is 0. The molecule has 0 bridgehead atoms. The van der Waals surface area contributed by atoms with Crippen LogP contribution in [0.2, 0.25) is 5.02 Å². The average Bonchev–Trinajstić information content (AvgIpc) is 3.07. The number of benzene rings is 1. The summed E-state index contributed by atoms with van der Waals surface area (Å²) in [5.74, 6) is 0.286. The van der Waals surface area contributed by atoms with E-state index in [-0.39, 0.29) is 5.92 Å². The van der Waals surface area contributed by atoms with Crippen molar-refractivity contribution in [3.63, 3.8) is 0 Å². The summed E-state index contributed by atoms with van der Waals surface area (Å²) in [4.78, 5) is 0. The zero-order valence-electron chi connectivity index (χ0n) is 11.6. The lowest BCUT2D eigenvalue weighted by molar-refractivity contribution is 0.182. The van der Waals surface area contributed by atoms with E-state index in [0.717, 1.165) is 23.1 Å². The molecule has 1 fully saturated rings. The van der Waals surface area contributed by atoms with Crippen LogP contribution in [-0.2, 0) is 14.8 Å². The summed E-state index contributed by atoms with van der Waals surface area (Å²) in [5, 5.41) is 1.48. The first-order valence-corrected chi connectivity index (χ1v) is 9.33. The summed E-state index contributed by atoms with van der Waals surface area (Å²) in [6, 6.07) is 7.11. The second kappa shape index (κ2) is 5.85. The average molecular weight is 346 g/mol. The number of halogens is 1. The lowest BCUT2D eigenvalue weighted by Gasteiger charge is -2.19.